The summed E-state index contributed by atoms with van der Waals surface area (Å²) in [4.78, 5) is 14.6. The van der Waals surface area contributed by atoms with Gasteiger partial charge >= 0.3 is 6.18 Å². The second-order valence-corrected chi connectivity index (χ2v) is 7.22. The molecule has 1 aromatic heterocycles. The molecule has 1 amide bonds. The fourth-order valence-electron chi connectivity index (χ4n) is 3.91. The van der Waals surface area contributed by atoms with Crippen LogP contribution in [-0.2, 0) is 30.3 Å². The van der Waals surface area contributed by atoms with Crippen molar-refractivity contribution in [3.63, 3.8) is 0 Å². The van der Waals surface area contributed by atoms with E-state index in [1.807, 2.05) is 13.8 Å². The summed E-state index contributed by atoms with van der Waals surface area (Å²) < 4.78 is 44.7. The number of rotatable bonds is 1. The minimum absolute atomic E-state index is 0.0203. The molecule has 144 valence electrons. The van der Waals surface area contributed by atoms with Crippen molar-refractivity contribution in [3.8, 4) is 0 Å². The van der Waals surface area contributed by atoms with Crippen LogP contribution in [0.3, 0.4) is 0 Å². The maximum atomic E-state index is 13.0. The summed E-state index contributed by atoms with van der Waals surface area (Å²) in [5.41, 5.74) is 2.70. The van der Waals surface area contributed by atoms with Crippen LogP contribution in [0, 0.1) is 0 Å². The molecule has 0 bridgehead atoms. The first-order valence-corrected chi connectivity index (χ1v) is 8.95. The van der Waals surface area contributed by atoms with Gasteiger partial charge in [-0.2, -0.15) is 18.3 Å². The van der Waals surface area contributed by atoms with Crippen molar-refractivity contribution in [1.82, 2.24) is 15.1 Å². The topological polar surface area (TPSA) is 58.2 Å². The lowest BCUT2D eigenvalue weighted by Crippen LogP contribution is -2.37. The number of nitrogens with zero attached hydrogens (tertiary/aromatic N) is 2. The third-order valence-electron chi connectivity index (χ3n) is 5.27. The Hall–Kier alpha value is -2.35. The Balaban J connectivity index is 1.60. The number of halogens is 3. The average molecular weight is 379 g/mol. The second-order valence-electron chi connectivity index (χ2n) is 7.22. The first kappa shape index (κ1) is 18.0. The number of aromatic amines is 1. The summed E-state index contributed by atoms with van der Waals surface area (Å²) in [5.74, 6) is -0.253. The van der Waals surface area contributed by atoms with Crippen molar-refractivity contribution >= 4 is 5.91 Å². The van der Waals surface area contributed by atoms with Gasteiger partial charge in [0.15, 0.2) is 5.69 Å². The molecule has 8 heteroatoms. The Labute approximate surface area is 154 Å². The zero-order chi connectivity index (χ0) is 19.3. The van der Waals surface area contributed by atoms with E-state index in [0.717, 1.165) is 29.0 Å². The standard InChI is InChI=1S/C19H20F3N3O2/c1-10-7-15-16(11(2)27-10)23-24-17(15)18(26)25-6-5-12-3-4-14(19(20,21)22)8-13(12)9-25/h3-4,8,10-11H,5-7,9H2,1-2H3,(H,23,24)/t10-,11+/m1/s1. The average Bonchev–Trinajstić information content (AvgIpc) is 3.03. The van der Waals surface area contributed by atoms with Crippen molar-refractivity contribution in [2.75, 3.05) is 6.54 Å². The summed E-state index contributed by atoms with van der Waals surface area (Å²) in [5, 5.41) is 7.09. The number of ether oxygens (including phenoxy) is 1. The highest BCUT2D eigenvalue weighted by molar-refractivity contribution is 5.94. The molecule has 0 aliphatic carbocycles. The number of amides is 1. The quantitative estimate of drug-likeness (QED) is 0.823. The maximum Gasteiger partial charge on any atom is 0.416 e. The van der Waals surface area contributed by atoms with Gasteiger partial charge in [0.2, 0.25) is 0 Å². The van der Waals surface area contributed by atoms with Crippen molar-refractivity contribution in [1.29, 1.82) is 0 Å². The molecular formula is C19H20F3N3O2. The largest absolute Gasteiger partial charge is 0.416 e. The van der Waals surface area contributed by atoms with Crippen LogP contribution in [0.5, 0.6) is 0 Å². The molecule has 4 rings (SSSR count). The number of H-pyrrole nitrogens is 1. The molecule has 2 aromatic rings. The first-order chi connectivity index (χ1) is 12.7. The lowest BCUT2D eigenvalue weighted by molar-refractivity contribution is -0.137. The van der Waals surface area contributed by atoms with Gasteiger partial charge in [0.25, 0.3) is 5.91 Å². The van der Waals surface area contributed by atoms with Gasteiger partial charge in [-0.1, -0.05) is 6.07 Å². The lowest BCUT2D eigenvalue weighted by Gasteiger charge is -2.30. The van der Waals surface area contributed by atoms with Crippen molar-refractivity contribution in [2.45, 2.75) is 51.6 Å². The van der Waals surface area contributed by atoms with Gasteiger partial charge in [-0.05, 0) is 43.5 Å². The molecule has 2 aliphatic rings. The SMILES string of the molecule is C[C@@H]1Cc2c(C(=O)N3CCc4ccc(C(F)(F)F)cc4C3)n[nH]c2[C@H](C)O1. The predicted octanol–water partition coefficient (Wildman–Crippen LogP) is 3.65. The molecule has 1 aromatic carbocycles. The molecule has 0 radical (unpaired) electrons. The van der Waals surface area contributed by atoms with Gasteiger partial charge in [-0.25, -0.2) is 0 Å². The Morgan fingerprint density at radius 2 is 2.07 bits per heavy atom. The number of carbonyl (C=O) groups excluding carboxylic acids is 1. The number of carbonyl (C=O) groups is 1. The zero-order valence-electron chi connectivity index (χ0n) is 15.1. The van der Waals surface area contributed by atoms with E-state index in [0.29, 0.717) is 30.6 Å². The van der Waals surface area contributed by atoms with Crippen LogP contribution in [0.25, 0.3) is 0 Å². The van der Waals surface area contributed by atoms with E-state index in [9.17, 15) is 18.0 Å². The van der Waals surface area contributed by atoms with Gasteiger partial charge in [0, 0.05) is 25.1 Å². The molecule has 0 spiro atoms. The van der Waals surface area contributed by atoms with E-state index < -0.39 is 11.7 Å². The van der Waals surface area contributed by atoms with Crippen LogP contribution >= 0.6 is 0 Å². The molecule has 3 heterocycles. The van der Waals surface area contributed by atoms with Crippen LogP contribution in [0.2, 0.25) is 0 Å². The molecular weight excluding hydrogens is 359 g/mol. The third-order valence-corrected chi connectivity index (χ3v) is 5.27. The lowest BCUT2D eigenvalue weighted by atomic mass is 9.96. The van der Waals surface area contributed by atoms with Gasteiger partial charge in [-0.15, -0.1) is 0 Å². The number of nitrogens with one attached hydrogen (secondary N) is 1. The van der Waals surface area contributed by atoms with Crippen LogP contribution in [-0.4, -0.2) is 33.7 Å². The van der Waals surface area contributed by atoms with Gasteiger partial charge < -0.3 is 9.64 Å². The number of aromatic nitrogens is 2. The maximum absolute atomic E-state index is 13.0. The van der Waals surface area contributed by atoms with E-state index in [1.165, 1.54) is 6.07 Å². The normalized spacial score (nSPS) is 22.3. The van der Waals surface area contributed by atoms with E-state index in [-0.39, 0.29) is 24.7 Å². The molecule has 0 saturated carbocycles. The van der Waals surface area contributed by atoms with E-state index >= 15 is 0 Å². The summed E-state index contributed by atoms with van der Waals surface area (Å²) in [6, 6.07) is 3.76. The molecule has 0 saturated heterocycles. The third kappa shape index (κ3) is 3.22. The molecule has 0 unspecified atom stereocenters. The molecule has 2 atom stereocenters. The molecule has 0 fully saturated rings. The van der Waals surface area contributed by atoms with E-state index in [1.54, 1.807) is 4.90 Å². The summed E-state index contributed by atoms with van der Waals surface area (Å²) >= 11 is 0. The van der Waals surface area contributed by atoms with Gasteiger partial charge in [0.1, 0.15) is 0 Å². The van der Waals surface area contributed by atoms with Crippen molar-refractivity contribution in [3.05, 3.63) is 51.8 Å². The minimum Gasteiger partial charge on any atom is -0.369 e. The zero-order valence-corrected chi connectivity index (χ0v) is 15.1. The van der Waals surface area contributed by atoms with E-state index in [2.05, 4.69) is 10.2 Å². The number of fused-ring (bicyclic) bond motifs is 2. The Kier molecular flexibility index (Phi) is 4.25. The first-order valence-electron chi connectivity index (χ1n) is 8.95. The monoisotopic (exact) mass is 379 g/mol. The van der Waals surface area contributed by atoms with Crippen LogP contribution in [0.15, 0.2) is 18.2 Å². The van der Waals surface area contributed by atoms with Crippen LogP contribution in [0.4, 0.5) is 13.2 Å². The number of hydrogen-bond donors (Lipinski definition) is 1. The smallest absolute Gasteiger partial charge is 0.369 e. The number of alkyl halides is 3. The molecule has 1 N–H and O–H groups in total. The number of hydrogen-bond acceptors (Lipinski definition) is 3. The minimum atomic E-state index is -4.39. The molecule has 5 nitrogen and oxygen atoms in total. The van der Waals surface area contributed by atoms with Gasteiger partial charge in [0.05, 0.1) is 23.5 Å². The van der Waals surface area contributed by atoms with Crippen molar-refractivity contribution in [2.24, 2.45) is 0 Å². The highest BCUT2D eigenvalue weighted by atomic mass is 19.4. The Morgan fingerprint density at radius 3 is 2.81 bits per heavy atom. The molecule has 27 heavy (non-hydrogen) atoms. The summed E-state index contributed by atoms with van der Waals surface area (Å²) in [6.45, 7) is 4.45. The highest BCUT2D eigenvalue weighted by Gasteiger charge is 2.34. The van der Waals surface area contributed by atoms with Gasteiger partial charge in [-0.3, -0.25) is 9.89 Å². The Morgan fingerprint density at radius 1 is 1.30 bits per heavy atom. The fourth-order valence-corrected chi connectivity index (χ4v) is 3.91. The molecule has 2 aliphatic heterocycles. The van der Waals surface area contributed by atoms with Crippen LogP contribution in [0.1, 0.15) is 58.4 Å². The number of benzene rings is 1. The van der Waals surface area contributed by atoms with E-state index in [4.69, 9.17) is 4.74 Å². The Bertz CT molecular complexity index is 891. The summed E-state index contributed by atoms with van der Waals surface area (Å²) in [6.07, 6.45) is -3.47. The highest BCUT2D eigenvalue weighted by Crippen LogP contribution is 2.34. The van der Waals surface area contributed by atoms with Crippen LogP contribution < -0.4 is 0 Å². The fraction of sp³-hybridized carbons (Fsp3) is 0.474. The predicted molar refractivity (Wildman–Crippen MR) is 91.1 cm³/mol. The summed E-state index contributed by atoms with van der Waals surface area (Å²) in [7, 11) is 0. The van der Waals surface area contributed by atoms with Crippen molar-refractivity contribution < 1.29 is 22.7 Å². The second kappa shape index (κ2) is 6.37.